The first-order valence-electron chi connectivity index (χ1n) is 9.61. The van der Waals surface area contributed by atoms with E-state index in [1.54, 1.807) is 0 Å². The Morgan fingerprint density at radius 3 is 2.79 bits per heavy atom. The Morgan fingerprint density at radius 1 is 1.29 bits per heavy atom. The smallest absolute Gasteiger partial charge is 0.304 e. The monoisotopic (exact) mass is 403 g/mol. The molecule has 1 N–H and O–H groups in total. The zero-order chi connectivity index (χ0) is 19.9. The van der Waals surface area contributed by atoms with Gasteiger partial charge in [0, 0.05) is 30.2 Å². The first-order chi connectivity index (χ1) is 13.5. The number of ether oxygens (including phenoxy) is 2. The normalized spacial score (nSPS) is 17.4. The average Bonchev–Trinajstić information content (AvgIpc) is 2.72. The van der Waals surface area contributed by atoms with Gasteiger partial charge in [-0.15, -0.1) is 0 Å². The molecule has 0 radical (unpaired) electrons. The van der Waals surface area contributed by atoms with Gasteiger partial charge in [-0.05, 0) is 35.7 Å². The largest absolute Gasteiger partial charge is 0.489 e. The van der Waals surface area contributed by atoms with E-state index in [1.165, 1.54) is 5.56 Å². The van der Waals surface area contributed by atoms with Crippen LogP contribution in [-0.4, -0.2) is 42.2 Å². The van der Waals surface area contributed by atoms with Crippen LogP contribution in [0, 0.1) is 0 Å². The van der Waals surface area contributed by atoms with E-state index in [9.17, 15) is 4.79 Å². The van der Waals surface area contributed by atoms with E-state index in [0.29, 0.717) is 31.3 Å². The summed E-state index contributed by atoms with van der Waals surface area (Å²) in [6.07, 6.45) is 1.07. The van der Waals surface area contributed by atoms with Crippen molar-refractivity contribution in [3.8, 4) is 5.75 Å². The molecule has 1 aliphatic rings. The number of carboxylic acids is 1. The Balaban J connectivity index is 1.57. The van der Waals surface area contributed by atoms with E-state index in [0.717, 1.165) is 29.8 Å². The lowest BCUT2D eigenvalue weighted by molar-refractivity contribution is -0.137. The third-order valence-electron chi connectivity index (χ3n) is 4.96. The van der Waals surface area contributed by atoms with Crippen LogP contribution in [0.25, 0.3) is 0 Å². The molecular weight excluding hydrogens is 378 g/mol. The first kappa shape index (κ1) is 20.6. The van der Waals surface area contributed by atoms with Gasteiger partial charge in [0.15, 0.2) is 0 Å². The van der Waals surface area contributed by atoms with Crippen molar-refractivity contribution in [2.45, 2.75) is 32.5 Å². The summed E-state index contributed by atoms with van der Waals surface area (Å²) < 4.78 is 11.8. The van der Waals surface area contributed by atoms with Crippen LogP contribution in [0.2, 0.25) is 5.02 Å². The molecule has 1 atom stereocenters. The SMILES string of the molecule is CCc1ccc(Cl)c(COc2ccc(C3CN(CCC(=O)O)CCO3)cc2)c1. The Labute approximate surface area is 170 Å². The topological polar surface area (TPSA) is 59.0 Å². The molecule has 6 heteroatoms. The summed E-state index contributed by atoms with van der Waals surface area (Å²) in [5, 5.41) is 9.57. The van der Waals surface area contributed by atoms with E-state index in [1.807, 2.05) is 36.4 Å². The van der Waals surface area contributed by atoms with Crippen molar-refractivity contribution in [1.82, 2.24) is 4.90 Å². The Kier molecular flexibility index (Phi) is 7.31. The number of carbonyl (C=O) groups is 1. The summed E-state index contributed by atoms with van der Waals surface area (Å²) in [5.41, 5.74) is 3.29. The summed E-state index contributed by atoms with van der Waals surface area (Å²) >= 11 is 6.27. The van der Waals surface area contributed by atoms with E-state index < -0.39 is 5.97 Å². The summed E-state index contributed by atoms with van der Waals surface area (Å²) in [6, 6.07) is 13.9. The van der Waals surface area contributed by atoms with Gasteiger partial charge in [0.1, 0.15) is 12.4 Å². The number of hydrogen-bond donors (Lipinski definition) is 1. The molecule has 0 aromatic heterocycles. The number of halogens is 1. The van der Waals surface area contributed by atoms with Crippen LogP contribution >= 0.6 is 11.6 Å². The molecule has 1 saturated heterocycles. The van der Waals surface area contributed by atoms with Gasteiger partial charge in [-0.3, -0.25) is 9.69 Å². The summed E-state index contributed by atoms with van der Waals surface area (Å²) in [6.45, 7) is 5.16. The minimum absolute atomic E-state index is 0.0488. The van der Waals surface area contributed by atoms with Crippen molar-refractivity contribution in [2.75, 3.05) is 26.2 Å². The second-order valence-corrected chi connectivity index (χ2v) is 7.35. The maximum Gasteiger partial charge on any atom is 0.304 e. The highest BCUT2D eigenvalue weighted by Gasteiger charge is 2.22. The third-order valence-corrected chi connectivity index (χ3v) is 5.33. The van der Waals surface area contributed by atoms with Crippen molar-refractivity contribution in [3.63, 3.8) is 0 Å². The molecule has 1 unspecified atom stereocenters. The molecule has 0 aliphatic carbocycles. The van der Waals surface area contributed by atoms with Crippen molar-refractivity contribution in [2.24, 2.45) is 0 Å². The van der Waals surface area contributed by atoms with Crippen molar-refractivity contribution in [1.29, 1.82) is 0 Å². The predicted octanol–water partition coefficient (Wildman–Crippen LogP) is 4.33. The maximum atomic E-state index is 10.8. The molecule has 2 aromatic carbocycles. The van der Waals surface area contributed by atoms with Gasteiger partial charge in [0.05, 0.1) is 19.1 Å². The van der Waals surface area contributed by atoms with Gasteiger partial charge in [-0.25, -0.2) is 0 Å². The lowest BCUT2D eigenvalue weighted by Crippen LogP contribution is -2.39. The summed E-state index contributed by atoms with van der Waals surface area (Å²) in [4.78, 5) is 12.9. The fourth-order valence-corrected chi connectivity index (χ4v) is 3.43. The molecule has 0 bridgehead atoms. The molecule has 3 rings (SSSR count). The molecule has 150 valence electrons. The van der Waals surface area contributed by atoms with E-state index >= 15 is 0 Å². The standard InChI is InChI=1S/C22H26ClNO4/c1-2-16-3-8-20(23)18(13-16)15-28-19-6-4-17(5-7-19)21-14-24(11-12-27-21)10-9-22(25)26/h3-8,13,21H,2,9-12,14-15H2,1H3,(H,25,26). The molecule has 1 aliphatic heterocycles. The highest BCUT2D eigenvalue weighted by molar-refractivity contribution is 6.31. The molecule has 28 heavy (non-hydrogen) atoms. The number of rotatable bonds is 8. The number of carboxylic acid groups (broad SMARTS) is 1. The fourth-order valence-electron chi connectivity index (χ4n) is 3.26. The molecule has 2 aromatic rings. The lowest BCUT2D eigenvalue weighted by Gasteiger charge is -2.32. The number of hydrogen-bond acceptors (Lipinski definition) is 4. The van der Waals surface area contributed by atoms with Crippen LogP contribution in [0.15, 0.2) is 42.5 Å². The minimum atomic E-state index is -0.769. The summed E-state index contributed by atoms with van der Waals surface area (Å²) in [7, 11) is 0. The minimum Gasteiger partial charge on any atom is -0.489 e. The van der Waals surface area contributed by atoms with E-state index in [4.69, 9.17) is 26.2 Å². The molecular formula is C22H26ClNO4. The number of nitrogens with zero attached hydrogens (tertiary/aromatic N) is 1. The third kappa shape index (κ3) is 5.71. The number of aliphatic carboxylic acids is 1. The molecule has 0 spiro atoms. The van der Waals surface area contributed by atoms with E-state index in [-0.39, 0.29) is 12.5 Å². The molecule has 0 saturated carbocycles. The predicted molar refractivity (Wildman–Crippen MR) is 109 cm³/mol. The number of benzene rings is 2. The lowest BCUT2D eigenvalue weighted by atomic mass is 10.1. The van der Waals surface area contributed by atoms with Crippen LogP contribution < -0.4 is 4.74 Å². The zero-order valence-corrected chi connectivity index (χ0v) is 16.8. The van der Waals surface area contributed by atoms with Crippen molar-refractivity contribution < 1.29 is 19.4 Å². The van der Waals surface area contributed by atoms with Gasteiger partial charge < -0.3 is 14.6 Å². The molecule has 0 amide bonds. The van der Waals surface area contributed by atoms with Crippen LogP contribution in [0.5, 0.6) is 5.75 Å². The summed E-state index contributed by atoms with van der Waals surface area (Å²) in [5.74, 6) is 0.00869. The molecule has 1 heterocycles. The Bertz CT molecular complexity index is 794. The second kappa shape index (κ2) is 9.92. The highest BCUT2D eigenvalue weighted by atomic mass is 35.5. The van der Waals surface area contributed by atoms with E-state index in [2.05, 4.69) is 17.9 Å². The average molecular weight is 404 g/mol. The van der Waals surface area contributed by atoms with Crippen molar-refractivity contribution in [3.05, 3.63) is 64.2 Å². The van der Waals surface area contributed by atoms with Crippen LogP contribution in [0.1, 0.15) is 36.1 Å². The Morgan fingerprint density at radius 2 is 2.07 bits per heavy atom. The van der Waals surface area contributed by atoms with Gasteiger partial charge in [-0.1, -0.05) is 42.8 Å². The maximum absolute atomic E-state index is 10.8. The quantitative estimate of drug-likeness (QED) is 0.710. The highest BCUT2D eigenvalue weighted by Crippen LogP contribution is 2.26. The van der Waals surface area contributed by atoms with Crippen LogP contribution in [0.3, 0.4) is 0 Å². The zero-order valence-electron chi connectivity index (χ0n) is 16.1. The van der Waals surface area contributed by atoms with Crippen LogP contribution in [-0.2, 0) is 22.6 Å². The van der Waals surface area contributed by atoms with Crippen LogP contribution in [0.4, 0.5) is 0 Å². The second-order valence-electron chi connectivity index (χ2n) is 6.94. The number of morpholine rings is 1. The van der Waals surface area contributed by atoms with Gasteiger partial charge >= 0.3 is 5.97 Å². The van der Waals surface area contributed by atoms with Gasteiger partial charge in [-0.2, -0.15) is 0 Å². The van der Waals surface area contributed by atoms with Gasteiger partial charge in [0.2, 0.25) is 0 Å². The molecule has 1 fully saturated rings. The van der Waals surface area contributed by atoms with Gasteiger partial charge in [0.25, 0.3) is 0 Å². The van der Waals surface area contributed by atoms with Crippen molar-refractivity contribution >= 4 is 17.6 Å². The number of aryl methyl sites for hydroxylation is 1. The fraction of sp³-hybridized carbons (Fsp3) is 0.409. The first-order valence-corrected chi connectivity index (χ1v) is 9.98. The Hall–Kier alpha value is -2.08. The molecule has 5 nitrogen and oxygen atoms in total.